The van der Waals surface area contributed by atoms with E-state index in [2.05, 4.69) is 51.3 Å². The van der Waals surface area contributed by atoms with Gasteiger partial charge in [0.1, 0.15) is 6.07 Å². The molecular formula is C17H18BrN3. The molecule has 0 aliphatic rings. The third kappa shape index (κ3) is 3.26. The average molecular weight is 344 g/mol. The number of nitrogens with zero attached hydrogens (tertiary/aromatic N) is 2. The van der Waals surface area contributed by atoms with E-state index in [-0.39, 0.29) is 6.04 Å². The van der Waals surface area contributed by atoms with E-state index >= 15 is 0 Å². The molecule has 2 aromatic rings. The summed E-state index contributed by atoms with van der Waals surface area (Å²) < 4.78 is 1.05. The summed E-state index contributed by atoms with van der Waals surface area (Å²) in [6.07, 6.45) is 0. The summed E-state index contributed by atoms with van der Waals surface area (Å²) in [5.41, 5.74) is 3.85. The van der Waals surface area contributed by atoms with Crippen molar-refractivity contribution in [1.29, 1.82) is 5.26 Å². The Hall–Kier alpha value is -1.83. The van der Waals surface area contributed by atoms with E-state index < -0.39 is 0 Å². The van der Waals surface area contributed by atoms with Gasteiger partial charge >= 0.3 is 0 Å². The molecule has 1 unspecified atom stereocenters. The van der Waals surface area contributed by atoms with Crippen LogP contribution in [0.3, 0.4) is 0 Å². The van der Waals surface area contributed by atoms with Crippen LogP contribution in [0.1, 0.15) is 24.1 Å². The van der Waals surface area contributed by atoms with Crippen LogP contribution in [-0.2, 0) is 0 Å². The number of benzene rings is 2. The molecule has 1 N–H and O–H groups in total. The number of hydrogen-bond donors (Lipinski definition) is 1. The molecule has 0 radical (unpaired) electrons. The molecule has 0 saturated heterocycles. The summed E-state index contributed by atoms with van der Waals surface area (Å²) in [4.78, 5) is 2.06. The lowest BCUT2D eigenvalue weighted by atomic mass is 10.0. The van der Waals surface area contributed by atoms with Crippen molar-refractivity contribution in [3.63, 3.8) is 0 Å². The van der Waals surface area contributed by atoms with Gasteiger partial charge in [-0.25, -0.2) is 0 Å². The topological polar surface area (TPSA) is 39.1 Å². The van der Waals surface area contributed by atoms with Gasteiger partial charge in [0.2, 0.25) is 0 Å². The highest BCUT2D eigenvalue weighted by Gasteiger charge is 2.16. The van der Waals surface area contributed by atoms with E-state index in [0.717, 1.165) is 15.8 Å². The van der Waals surface area contributed by atoms with Crippen LogP contribution >= 0.6 is 15.9 Å². The van der Waals surface area contributed by atoms with Crippen molar-refractivity contribution >= 4 is 27.3 Å². The molecule has 0 fully saturated rings. The molecule has 0 heterocycles. The molecule has 0 spiro atoms. The Kier molecular flexibility index (Phi) is 5.00. The fraction of sp³-hybridized carbons (Fsp3) is 0.235. The lowest BCUT2D eigenvalue weighted by Crippen LogP contribution is -2.18. The number of hydrogen-bond acceptors (Lipinski definition) is 3. The van der Waals surface area contributed by atoms with E-state index in [1.807, 2.05) is 44.4 Å². The fourth-order valence-electron chi connectivity index (χ4n) is 2.32. The normalized spacial score (nSPS) is 11.8. The zero-order chi connectivity index (χ0) is 15.4. The van der Waals surface area contributed by atoms with Crippen LogP contribution in [0.2, 0.25) is 0 Å². The number of para-hydroxylation sites is 1. The van der Waals surface area contributed by atoms with E-state index in [1.54, 1.807) is 0 Å². The quantitative estimate of drug-likeness (QED) is 0.895. The predicted molar refractivity (Wildman–Crippen MR) is 90.8 cm³/mol. The maximum Gasteiger partial charge on any atom is 0.101 e. The Morgan fingerprint density at radius 1 is 1.19 bits per heavy atom. The highest BCUT2D eigenvalue weighted by atomic mass is 79.9. The van der Waals surface area contributed by atoms with E-state index in [4.69, 9.17) is 0 Å². The van der Waals surface area contributed by atoms with Crippen LogP contribution in [0.25, 0.3) is 0 Å². The van der Waals surface area contributed by atoms with Gasteiger partial charge in [0.05, 0.1) is 11.3 Å². The Morgan fingerprint density at radius 2 is 1.90 bits per heavy atom. The maximum atomic E-state index is 9.29. The third-order valence-electron chi connectivity index (χ3n) is 3.64. The number of nitriles is 1. The smallest absolute Gasteiger partial charge is 0.101 e. The zero-order valence-corrected chi connectivity index (χ0v) is 14.0. The first kappa shape index (κ1) is 15.6. The van der Waals surface area contributed by atoms with E-state index in [9.17, 15) is 5.26 Å². The molecule has 1 atom stereocenters. The average Bonchev–Trinajstić information content (AvgIpc) is 2.53. The van der Waals surface area contributed by atoms with Gasteiger partial charge in [0.25, 0.3) is 0 Å². The van der Waals surface area contributed by atoms with Crippen molar-refractivity contribution in [2.24, 2.45) is 0 Å². The summed E-state index contributed by atoms with van der Waals surface area (Å²) in [6.45, 7) is 2.12. The zero-order valence-electron chi connectivity index (χ0n) is 12.4. The van der Waals surface area contributed by atoms with Crippen LogP contribution in [0.15, 0.2) is 46.9 Å². The van der Waals surface area contributed by atoms with Gasteiger partial charge in [0.15, 0.2) is 0 Å². The Morgan fingerprint density at radius 3 is 2.57 bits per heavy atom. The maximum absolute atomic E-state index is 9.29. The van der Waals surface area contributed by atoms with Gasteiger partial charge in [-0.3, -0.25) is 0 Å². The van der Waals surface area contributed by atoms with E-state index in [0.29, 0.717) is 5.56 Å². The largest absolute Gasteiger partial charge is 0.343 e. The van der Waals surface area contributed by atoms with Crippen molar-refractivity contribution in [1.82, 2.24) is 5.32 Å². The first-order chi connectivity index (χ1) is 10.1. The molecule has 108 valence electrons. The summed E-state index contributed by atoms with van der Waals surface area (Å²) in [5, 5.41) is 12.6. The van der Waals surface area contributed by atoms with Crippen LogP contribution in [-0.4, -0.2) is 14.1 Å². The molecule has 0 amide bonds. The van der Waals surface area contributed by atoms with Crippen molar-refractivity contribution in [3.05, 3.63) is 58.1 Å². The summed E-state index contributed by atoms with van der Waals surface area (Å²) >= 11 is 3.53. The van der Waals surface area contributed by atoms with Gasteiger partial charge < -0.3 is 10.2 Å². The van der Waals surface area contributed by atoms with Crippen LogP contribution < -0.4 is 10.2 Å². The standard InChI is InChI=1S/C17H18BrN3/c1-12(20-2)15-10-14(18)8-9-17(15)21(3)16-7-5-4-6-13(16)11-19/h4-10,12,20H,1-3H3. The molecule has 0 aliphatic heterocycles. The lowest BCUT2D eigenvalue weighted by Gasteiger charge is -2.26. The van der Waals surface area contributed by atoms with Crippen molar-refractivity contribution in [2.75, 3.05) is 19.0 Å². The molecule has 3 nitrogen and oxygen atoms in total. The minimum Gasteiger partial charge on any atom is -0.343 e. The van der Waals surface area contributed by atoms with Crippen LogP contribution in [0.4, 0.5) is 11.4 Å². The molecule has 0 bridgehead atoms. The lowest BCUT2D eigenvalue weighted by molar-refractivity contribution is 0.652. The molecule has 4 heteroatoms. The molecule has 21 heavy (non-hydrogen) atoms. The summed E-state index contributed by atoms with van der Waals surface area (Å²) in [5.74, 6) is 0. The van der Waals surface area contributed by atoms with Crippen LogP contribution in [0.5, 0.6) is 0 Å². The number of halogens is 1. The van der Waals surface area contributed by atoms with E-state index in [1.165, 1.54) is 5.56 Å². The Labute approximate surface area is 134 Å². The van der Waals surface area contributed by atoms with Crippen LogP contribution in [0, 0.1) is 11.3 Å². The molecule has 2 aromatic carbocycles. The van der Waals surface area contributed by atoms with Crippen molar-refractivity contribution in [3.8, 4) is 6.07 Å². The third-order valence-corrected chi connectivity index (χ3v) is 4.13. The molecule has 0 saturated carbocycles. The monoisotopic (exact) mass is 343 g/mol. The summed E-state index contributed by atoms with van der Waals surface area (Å²) in [6, 6.07) is 16.3. The SMILES string of the molecule is CNC(C)c1cc(Br)ccc1N(C)c1ccccc1C#N. The van der Waals surface area contributed by atoms with Gasteiger partial charge in [-0.05, 0) is 49.9 Å². The minimum atomic E-state index is 0.217. The number of rotatable bonds is 4. The highest BCUT2D eigenvalue weighted by Crippen LogP contribution is 2.34. The van der Waals surface area contributed by atoms with Gasteiger partial charge in [-0.15, -0.1) is 0 Å². The minimum absolute atomic E-state index is 0.217. The van der Waals surface area contributed by atoms with Crippen molar-refractivity contribution in [2.45, 2.75) is 13.0 Å². The molecule has 2 rings (SSSR count). The number of nitrogens with one attached hydrogen (secondary N) is 1. The fourth-order valence-corrected chi connectivity index (χ4v) is 2.70. The van der Waals surface area contributed by atoms with Gasteiger partial charge in [0, 0.05) is 23.2 Å². The second kappa shape index (κ2) is 6.75. The number of anilines is 2. The molecule has 0 aliphatic carbocycles. The van der Waals surface area contributed by atoms with Gasteiger partial charge in [-0.2, -0.15) is 5.26 Å². The molecular weight excluding hydrogens is 326 g/mol. The Balaban J connectivity index is 2.53. The summed E-state index contributed by atoms with van der Waals surface area (Å²) in [7, 11) is 3.93. The van der Waals surface area contributed by atoms with Crippen molar-refractivity contribution < 1.29 is 0 Å². The molecule has 0 aromatic heterocycles. The second-order valence-electron chi connectivity index (χ2n) is 4.90. The predicted octanol–water partition coefficient (Wildman–Crippen LogP) is 4.37. The first-order valence-electron chi connectivity index (χ1n) is 6.78. The van der Waals surface area contributed by atoms with Gasteiger partial charge in [-0.1, -0.05) is 28.1 Å². The second-order valence-corrected chi connectivity index (χ2v) is 5.82. The highest BCUT2D eigenvalue weighted by molar-refractivity contribution is 9.10. The Bertz CT molecular complexity index is 676. The first-order valence-corrected chi connectivity index (χ1v) is 7.57.